The van der Waals surface area contributed by atoms with Gasteiger partial charge in [0.25, 0.3) is 5.82 Å². The Morgan fingerprint density at radius 1 is 1.53 bits per heavy atom. The minimum atomic E-state index is 0.407. The molecule has 15 heavy (non-hydrogen) atoms. The van der Waals surface area contributed by atoms with Crippen molar-refractivity contribution in [3.63, 3.8) is 0 Å². The second-order valence-corrected chi connectivity index (χ2v) is 3.36. The Balaban J connectivity index is 2.67. The number of rotatable bonds is 6. The van der Waals surface area contributed by atoms with E-state index in [0.717, 1.165) is 25.3 Å². The second kappa shape index (κ2) is 6.20. The standard InChI is InChI=1S/C11H18N3O/c1-3-9-15-10-14-8-7-13(6-5-12)11(14)4-2/h7-8H,3-4,6,9-10H2,1-2H3/q+1. The lowest BCUT2D eigenvalue weighted by Gasteiger charge is -2.02. The maximum atomic E-state index is 8.65. The van der Waals surface area contributed by atoms with E-state index in [4.69, 9.17) is 10.00 Å². The van der Waals surface area contributed by atoms with Gasteiger partial charge < -0.3 is 4.74 Å². The summed E-state index contributed by atoms with van der Waals surface area (Å²) in [5.74, 6) is 1.13. The predicted octanol–water partition coefficient (Wildman–Crippen LogP) is 1.25. The van der Waals surface area contributed by atoms with Crippen LogP contribution >= 0.6 is 0 Å². The average Bonchev–Trinajstić information content (AvgIpc) is 2.62. The van der Waals surface area contributed by atoms with E-state index < -0.39 is 0 Å². The normalized spacial score (nSPS) is 10.2. The number of ether oxygens (including phenoxy) is 1. The molecule has 4 nitrogen and oxygen atoms in total. The summed E-state index contributed by atoms with van der Waals surface area (Å²) in [5, 5.41) is 8.65. The van der Waals surface area contributed by atoms with Crippen LogP contribution in [0, 0.1) is 11.3 Å². The van der Waals surface area contributed by atoms with Gasteiger partial charge in [-0.2, -0.15) is 5.26 Å². The van der Waals surface area contributed by atoms with Gasteiger partial charge in [0, 0.05) is 6.42 Å². The van der Waals surface area contributed by atoms with Crippen molar-refractivity contribution in [2.75, 3.05) is 6.61 Å². The molecule has 4 heteroatoms. The summed E-state index contributed by atoms with van der Waals surface area (Å²) in [4.78, 5) is 0. The van der Waals surface area contributed by atoms with Crippen molar-refractivity contribution < 1.29 is 9.30 Å². The molecule has 0 amide bonds. The molecule has 1 aromatic rings. The first-order valence-corrected chi connectivity index (χ1v) is 5.35. The van der Waals surface area contributed by atoms with Crippen molar-refractivity contribution >= 4 is 0 Å². The van der Waals surface area contributed by atoms with Crippen LogP contribution < -0.4 is 4.57 Å². The monoisotopic (exact) mass is 208 g/mol. The number of imidazole rings is 1. The van der Waals surface area contributed by atoms with Crippen molar-refractivity contribution in [1.82, 2.24) is 4.57 Å². The molecular formula is C11H18N3O+. The third kappa shape index (κ3) is 3.07. The molecule has 0 aliphatic rings. The van der Waals surface area contributed by atoms with Gasteiger partial charge in [0.05, 0.1) is 6.61 Å². The van der Waals surface area contributed by atoms with E-state index in [0.29, 0.717) is 13.3 Å². The predicted molar refractivity (Wildman–Crippen MR) is 55.9 cm³/mol. The van der Waals surface area contributed by atoms with Gasteiger partial charge in [0.15, 0.2) is 13.3 Å². The quantitative estimate of drug-likeness (QED) is 0.521. The highest BCUT2D eigenvalue weighted by Crippen LogP contribution is 1.96. The Labute approximate surface area is 90.7 Å². The fraction of sp³-hybridized carbons (Fsp3) is 0.636. The van der Waals surface area contributed by atoms with Crippen molar-refractivity contribution in [2.24, 2.45) is 0 Å². The highest BCUT2D eigenvalue weighted by Gasteiger charge is 2.14. The first kappa shape index (κ1) is 11.7. The van der Waals surface area contributed by atoms with E-state index in [1.807, 2.05) is 21.5 Å². The van der Waals surface area contributed by atoms with Crippen molar-refractivity contribution in [3.05, 3.63) is 18.2 Å². The molecule has 0 aromatic carbocycles. The SMILES string of the molecule is CCCOC[n+]1ccn(CC#N)c1CC. The van der Waals surface area contributed by atoms with Gasteiger partial charge in [0.1, 0.15) is 18.5 Å². The Morgan fingerprint density at radius 3 is 2.93 bits per heavy atom. The zero-order valence-corrected chi connectivity index (χ0v) is 9.44. The number of aromatic nitrogens is 2. The Kier molecular flexibility index (Phi) is 4.85. The summed E-state index contributed by atoms with van der Waals surface area (Å²) in [5.41, 5.74) is 0. The molecule has 0 aliphatic heterocycles. The molecule has 0 bridgehead atoms. The Bertz CT molecular complexity index is 338. The van der Waals surface area contributed by atoms with Crippen LogP contribution in [0.3, 0.4) is 0 Å². The number of nitrogens with zero attached hydrogens (tertiary/aromatic N) is 3. The molecule has 0 spiro atoms. The first-order chi connectivity index (χ1) is 7.33. The lowest BCUT2D eigenvalue weighted by molar-refractivity contribution is -0.738. The highest BCUT2D eigenvalue weighted by atomic mass is 16.5. The molecule has 0 aliphatic carbocycles. The maximum Gasteiger partial charge on any atom is 0.258 e. The second-order valence-electron chi connectivity index (χ2n) is 3.36. The van der Waals surface area contributed by atoms with Crippen LogP contribution in [-0.2, 0) is 24.4 Å². The van der Waals surface area contributed by atoms with Crippen LogP contribution in [0.2, 0.25) is 0 Å². The van der Waals surface area contributed by atoms with Gasteiger partial charge in [-0.25, -0.2) is 9.13 Å². The van der Waals surface area contributed by atoms with E-state index >= 15 is 0 Å². The van der Waals surface area contributed by atoms with Crippen molar-refractivity contribution in [1.29, 1.82) is 5.26 Å². The third-order valence-electron chi connectivity index (χ3n) is 2.23. The zero-order chi connectivity index (χ0) is 11.1. The van der Waals surface area contributed by atoms with E-state index in [1.165, 1.54) is 0 Å². The Hall–Kier alpha value is -1.34. The molecule has 0 atom stereocenters. The molecular weight excluding hydrogens is 190 g/mol. The van der Waals surface area contributed by atoms with Gasteiger partial charge in [-0.15, -0.1) is 0 Å². The minimum absolute atomic E-state index is 0.407. The van der Waals surface area contributed by atoms with Gasteiger partial charge in [-0.05, 0) is 6.42 Å². The molecule has 0 fully saturated rings. The molecule has 0 saturated heterocycles. The summed E-state index contributed by atoms with van der Waals surface area (Å²) in [6, 6.07) is 2.15. The fourth-order valence-corrected chi connectivity index (χ4v) is 1.55. The molecule has 0 unspecified atom stereocenters. The zero-order valence-electron chi connectivity index (χ0n) is 9.44. The average molecular weight is 208 g/mol. The van der Waals surface area contributed by atoms with Crippen LogP contribution in [0.1, 0.15) is 26.1 Å². The smallest absolute Gasteiger partial charge is 0.258 e. The van der Waals surface area contributed by atoms with Crippen molar-refractivity contribution in [2.45, 2.75) is 40.0 Å². The van der Waals surface area contributed by atoms with E-state index in [1.54, 1.807) is 0 Å². The summed E-state index contributed by atoms with van der Waals surface area (Å²) in [6.45, 7) is 5.94. The maximum absolute atomic E-state index is 8.65. The third-order valence-corrected chi connectivity index (χ3v) is 2.23. The van der Waals surface area contributed by atoms with Crippen LogP contribution in [0.4, 0.5) is 0 Å². The summed E-state index contributed by atoms with van der Waals surface area (Å²) in [7, 11) is 0. The van der Waals surface area contributed by atoms with E-state index in [2.05, 4.69) is 19.9 Å². The lowest BCUT2D eigenvalue weighted by Crippen LogP contribution is -2.38. The minimum Gasteiger partial charge on any atom is -0.342 e. The summed E-state index contributed by atoms with van der Waals surface area (Å²) >= 11 is 0. The highest BCUT2D eigenvalue weighted by molar-refractivity contribution is 4.87. The molecule has 1 aromatic heterocycles. The Morgan fingerprint density at radius 2 is 2.33 bits per heavy atom. The topological polar surface area (TPSA) is 41.8 Å². The fourth-order valence-electron chi connectivity index (χ4n) is 1.55. The number of hydrogen-bond acceptors (Lipinski definition) is 2. The van der Waals surface area contributed by atoms with Crippen LogP contribution in [0.15, 0.2) is 12.4 Å². The van der Waals surface area contributed by atoms with Crippen LogP contribution in [-0.4, -0.2) is 11.2 Å². The molecule has 1 heterocycles. The van der Waals surface area contributed by atoms with Gasteiger partial charge in [0.2, 0.25) is 0 Å². The van der Waals surface area contributed by atoms with Crippen molar-refractivity contribution in [3.8, 4) is 6.07 Å². The van der Waals surface area contributed by atoms with E-state index in [-0.39, 0.29) is 0 Å². The van der Waals surface area contributed by atoms with Crippen LogP contribution in [0.5, 0.6) is 0 Å². The van der Waals surface area contributed by atoms with Gasteiger partial charge >= 0.3 is 0 Å². The summed E-state index contributed by atoms with van der Waals surface area (Å²) in [6.07, 6.45) is 5.83. The number of nitriles is 1. The van der Waals surface area contributed by atoms with Crippen LogP contribution in [0.25, 0.3) is 0 Å². The molecule has 82 valence electrons. The first-order valence-electron chi connectivity index (χ1n) is 5.35. The summed E-state index contributed by atoms with van der Waals surface area (Å²) < 4.78 is 9.47. The molecule has 0 saturated carbocycles. The van der Waals surface area contributed by atoms with Gasteiger partial charge in [-0.1, -0.05) is 13.8 Å². The molecule has 0 N–H and O–H groups in total. The van der Waals surface area contributed by atoms with Gasteiger partial charge in [-0.3, -0.25) is 0 Å². The molecule has 1 rings (SSSR count). The van der Waals surface area contributed by atoms with E-state index in [9.17, 15) is 0 Å². The molecule has 0 radical (unpaired) electrons. The largest absolute Gasteiger partial charge is 0.342 e. The number of hydrogen-bond donors (Lipinski definition) is 0. The lowest BCUT2D eigenvalue weighted by atomic mass is 10.4.